The van der Waals surface area contributed by atoms with E-state index in [4.69, 9.17) is 9.47 Å². The number of rotatable bonds is 9. The van der Waals surface area contributed by atoms with Gasteiger partial charge in [0.1, 0.15) is 29.2 Å². The van der Waals surface area contributed by atoms with Crippen LogP contribution in [-0.2, 0) is 14.3 Å². The van der Waals surface area contributed by atoms with Crippen LogP contribution in [-0.4, -0.2) is 52.7 Å². The maximum atomic E-state index is 14.1. The number of methoxy groups -OCH3 is 1. The van der Waals surface area contributed by atoms with Crippen molar-refractivity contribution in [3.63, 3.8) is 0 Å². The summed E-state index contributed by atoms with van der Waals surface area (Å²) in [5.74, 6) is -0.284. The van der Waals surface area contributed by atoms with E-state index in [2.05, 4.69) is 10.6 Å². The highest BCUT2D eigenvalue weighted by molar-refractivity contribution is 5.99. The van der Waals surface area contributed by atoms with Gasteiger partial charge < -0.3 is 30.1 Å². The molecule has 2 unspecified atom stereocenters. The monoisotopic (exact) mass is 525 g/mol. The predicted molar refractivity (Wildman–Crippen MR) is 145 cm³/mol. The minimum absolute atomic E-state index is 0.0963. The van der Waals surface area contributed by atoms with Crippen LogP contribution in [0.2, 0.25) is 0 Å². The molecule has 0 saturated heterocycles. The van der Waals surface area contributed by atoms with Crippen LogP contribution in [0.3, 0.4) is 0 Å². The predicted octanol–water partition coefficient (Wildman–Crippen LogP) is 4.93. The molecule has 2 aromatic carbocycles. The van der Waals surface area contributed by atoms with Gasteiger partial charge in [-0.2, -0.15) is 0 Å². The lowest BCUT2D eigenvalue weighted by Crippen LogP contribution is -2.55. The maximum absolute atomic E-state index is 14.1. The molecule has 0 spiro atoms. The normalized spacial score (nSPS) is 14.8. The van der Waals surface area contributed by atoms with Crippen LogP contribution in [0, 0.1) is 12.8 Å². The van der Waals surface area contributed by atoms with E-state index in [9.17, 15) is 19.5 Å². The summed E-state index contributed by atoms with van der Waals surface area (Å²) in [7, 11) is 1.56. The average Bonchev–Trinajstić information content (AvgIpc) is 3.66. The third-order valence-corrected chi connectivity index (χ3v) is 6.22. The molecular weight excluding hydrogens is 486 g/mol. The van der Waals surface area contributed by atoms with Crippen molar-refractivity contribution in [3.05, 3.63) is 53.6 Å². The fourth-order valence-electron chi connectivity index (χ4n) is 4.15. The third kappa shape index (κ3) is 7.40. The van der Waals surface area contributed by atoms with Gasteiger partial charge in [-0.05, 0) is 94.0 Å². The Balaban J connectivity index is 1.99. The van der Waals surface area contributed by atoms with Gasteiger partial charge in [-0.15, -0.1) is 0 Å². The molecule has 38 heavy (non-hydrogen) atoms. The molecule has 3 N–H and O–H groups in total. The highest BCUT2D eigenvalue weighted by Crippen LogP contribution is 2.37. The number of ether oxygens (including phenoxy) is 2. The summed E-state index contributed by atoms with van der Waals surface area (Å²) in [5.41, 5.74) is 0.966. The number of phenols is 1. The Kier molecular flexibility index (Phi) is 8.91. The first-order valence-electron chi connectivity index (χ1n) is 12.9. The van der Waals surface area contributed by atoms with Crippen LogP contribution in [0.1, 0.15) is 64.6 Å². The molecule has 9 nitrogen and oxygen atoms in total. The van der Waals surface area contributed by atoms with E-state index in [1.807, 2.05) is 13.8 Å². The van der Waals surface area contributed by atoms with E-state index in [-0.39, 0.29) is 23.6 Å². The molecule has 0 heterocycles. The maximum Gasteiger partial charge on any atom is 0.408 e. The van der Waals surface area contributed by atoms with Gasteiger partial charge in [-0.3, -0.25) is 9.59 Å². The van der Waals surface area contributed by atoms with Crippen molar-refractivity contribution in [2.75, 3.05) is 12.4 Å². The Hall–Kier alpha value is -3.75. The molecule has 1 fully saturated rings. The van der Waals surface area contributed by atoms with Crippen molar-refractivity contribution in [2.45, 2.75) is 78.1 Å². The van der Waals surface area contributed by atoms with Crippen LogP contribution in [0.5, 0.6) is 11.5 Å². The summed E-state index contributed by atoms with van der Waals surface area (Å²) in [4.78, 5) is 42.1. The number of aryl methyl sites for hydroxylation is 1. The van der Waals surface area contributed by atoms with Crippen LogP contribution in [0.25, 0.3) is 0 Å². The molecule has 3 rings (SSSR count). The van der Waals surface area contributed by atoms with Crippen molar-refractivity contribution in [1.82, 2.24) is 10.2 Å². The Morgan fingerprint density at radius 2 is 1.68 bits per heavy atom. The number of nitrogens with zero attached hydrogens (tertiary/aromatic N) is 1. The molecule has 0 radical (unpaired) electrons. The topological polar surface area (TPSA) is 117 Å². The van der Waals surface area contributed by atoms with Crippen molar-refractivity contribution < 1.29 is 29.0 Å². The minimum Gasteiger partial charge on any atom is -0.508 e. The molecule has 1 saturated carbocycles. The van der Waals surface area contributed by atoms with E-state index in [1.54, 1.807) is 76.1 Å². The third-order valence-electron chi connectivity index (χ3n) is 6.22. The van der Waals surface area contributed by atoms with Gasteiger partial charge in [-0.1, -0.05) is 19.9 Å². The lowest BCUT2D eigenvalue weighted by Gasteiger charge is -2.36. The zero-order valence-electron chi connectivity index (χ0n) is 23.2. The number of phenolic OH excluding ortho intramolecular Hbond substituents is 1. The lowest BCUT2D eigenvalue weighted by molar-refractivity contribution is -0.142. The van der Waals surface area contributed by atoms with Crippen LogP contribution >= 0.6 is 0 Å². The second kappa shape index (κ2) is 11.8. The summed E-state index contributed by atoms with van der Waals surface area (Å²) < 4.78 is 10.6. The second-order valence-corrected chi connectivity index (χ2v) is 11.0. The molecule has 2 aromatic rings. The summed E-state index contributed by atoms with van der Waals surface area (Å²) in [6.07, 6.45) is 0.790. The Morgan fingerprint density at radius 1 is 1.05 bits per heavy atom. The molecule has 1 aliphatic carbocycles. The molecule has 2 atom stereocenters. The standard InChI is InChI=1S/C29H39N3O6/c1-17(2)24(31-28(36)38-29(4,5)6)27(35)32(21-11-12-21)25(19-8-15-23(33)18(3)16-19)26(34)30-20-9-13-22(37-7)14-10-20/h8-10,13-17,21,24-25,33H,11-12H2,1-7H3,(H,30,34)(H,31,36). The van der Waals surface area contributed by atoms with Gasteiger partial charge >= 0.3 is 6.09 Å². The zero-order chi connectivity index (χ0) is 28.2. The van der Waals surface area contributed by atoms with Crippen LogP contribution < -0.4 is 15.4 Å². The van der Waals surface area contributed by atoms with Crippen molar-refractivity contribution >= 4 is 23.6 Å². The zero-order valence-corrected chi connectivity index (χ0v) is 23.2. The highest BCUT2D eigenvalue weighted by atomic mass is 16.6. The fourth-order valence-corrected chi connectivity index (χ4v) is 4.15. The Bertz CT molecular complexity index is 1150. The van der Waals surface area contributed by atoms with E-state index in [0.29, 0.717) is 22.6 Å². The Labute approximate surface area is 224 Å². The SMILES string of the molecule is COc1ccc(NC(=O)C(c2ccc(O)c(C)c2)N(C(=O)C(NC(=O)OC(C)(C)C)C(C)C)C2CC2)cc1. The first-order valence-corrected chi connectivity index (χ1v) is 12.9. The number of alkyl carbamates (subject to hydrolysis) is 1. The van der Waals surface area contributed by atoms with Crippen LogP contribution in [0.15, 0.2) is 42.5 Å². The number of hydrogen-bond acceptors (Lipinski definition) is 6. The van der Waals surface area contributed by atoms with E-state index >= 15 is 0 Å². The molecule has 0 aliphatic heterocycles. The first kappa shape index (κ1) is 28.8. The number of nitrogens with one attached hydrogen (secondary N) is 2. The number of benzene rings is 2. The number of aromatic hydroxyl groups is 1. The smallest absolute Gasteiger partial charge is 0.408 e. The molecular formula is C29H39N3O6. The van der Waals surface area contributed by atoms with E-state index < -0.39 is 29.7 Å². The number of amides is 3. The highest BCUT2D eigenvalue weighted by Gasteiger charge is 2.44. The lowest BCUT2D eigenvalue weighted by atomic mass is 9.97. The Morgan fingerprint density at radius 3 is 2.18 bits per heavy atom. The number of carbonyl (C=O) groups excluding carboxylic acids is 3. The molecule has 3 amide bonds. The number of hydrogen-bond donors (Lipinski definition) is 3. The summed E-state index contributed by atoms with van der Waals surface area (Å²) in [6.45, 7) is 10.7. The van der Waals surface area contributed by atoms with Gasteiger partial charge in [0.15, 0.2) is 0 Å². The van der Waals surface area contributed by atoms with Gasteiger partial charge in [0.25, 0.3) is 5.91 Å². The quantitative estimate of drug-likeness (QED) is 0.427. The molecule has 0 aromatic heterocycles. The average molecular weight is 526 g/mol. The molecule has 0 bridgehead atoms. The second-order valence-electron chi connectivity index (χ2n) is 11.0. The molecule has 206 valence electrons. The fraction of sp³-hybridized carbons (Fsp3) is 0.483. The summed E-state index contributed by atoms with van der Waals surface area (Å²) in [6, 6.07) is 9.74. The van der Waals surface area contributed by atoms with Gasteiger partial charge in [0.05, 0.1) is 7.11 Å². The van der Waals surface area contributed by atoms with Crippen molar-refractivity contribution in [1.29, 1.82) is 0 Å². The van der Waals surface area contributed by atoms with Gasteiger partial charge in [-0.25, -0.2) is 4.79 Å². The van der Waals surface area contributed by atoms with Gasteiger partial charge in [0.2, 0.25) is 5.91 Å². The summed E-state index contributed by atoms with van der Waals surface area (Å²) in [5, 5.41) is 15.8. The van der Waals surface area contributed by atoms with E-state index in [1.165, 1.54) is 6.07 Å². The number of anilines is 1. The van der Waals surface area contributed by atoms with E-state index in [0.717, 1.165) is 12.8 Å². The largest absolute Gasteiger partial charge is 0.508 e. The summed E-state index contributed by atoms with van der Waals surface area (Å²) >= 11 is 0. The number of carbonyl (C=O) groups is 3. The van der Waals surface area contributed by atoms with Crippen molar-refractivity contribution in [3.8, 4) is 11.5 Å². The molecule has 1 aliphatic rings. The van der Waals surface area contributed by atoms with Crippen molar-refractivity contribution in [2.24, 2.45) is 5.92 Å². The van der Waals surface area contributed by atoms with Gasteiger partial charge in [0, 0.05) is 11.7 Å². The minimum atomic E-state index is -0.988. The van der Waals surface area contributed by atoms with Crippen LogP contribution in [0.4, 0.5) is 10.5 Å². The first-order chi connectivity index (χ1) is 17.8. The molecule has 9 heteroatoms.